The van der Waals surface area contributed by atoms with E-state index in [-0.39, 0.29) is 12.7 Å². The molecule has 16 heavy (non-hydrogen) atoms. The van der Waals surface area contributed by atoms with Gasteiger partial charge >= 0.3 is 0 Å². The number of hydrogen-bond donors (Lipinski definition) is 1. The number of rotatable bonds is 1. The van der Waals surface area contributed by atoms with Gasteiger partial charge in [-0.1, -0.05) is 31.1 Å². The highest BCUT2D eigenvalue weighted by atomic mass is 32.1. The van der Waals surface area contributed by atoms with Crippen LogP contribution in [0.15, 0.2) is 30.3 Å². The smallest absolute Gasteiger partial charge is 0.293 e. The monoisotopic (exact) mass is 228 g/mol. The van der Waals surface area contributed by atoms with Crippen LogP contribution in [0.4, 0.5) is 0 Å². The molecule has 80 valence electrons. The summed E-state index contributed by atoms with van der Waals surface area (Å²) in [6.07, 6.45) is 5.27. The third-order valence-corrected chi connectivity index (χ3v) is 4.46. The van der Waals surface area contributed by atoms with Crippen molar-refractivity contribution in [3.8, 4) is 0 Å². The Hall–Kier alpha value is -1.06. The number of fused-ring (bicyclic) bond motifs is 3. The third kappa shape index (κ3) is 1.51. The second kappa shape index (κ2) is 3.76. The Morgan fingerprint density at radius 2 is 2.19 bits per heavy atom. The Morgan fingerprint density at radius 3 is 3.00 bits per heavy atom. The molecule has 1 aliphatic rings. The van der Waals surface area contributed by atoms with Crippen LogP contribution in [-0.2, 0) is 6.42 Å². The van der Waals surface area contributed by atoms with E-state index in [9.17, 15) is 5.02 Å². The van der Waals surface area contributed by atoms with Gasteiger partial charge in [0.2, 0.25) is 0 Å². The number of allylic oxidation sites excluding steroid dienone is 1. The van der Waals surface area contributed by atoms with Crippen molar-refractivity contribution in [2.75, 3.05) is 0 Å². The summed E-state index contributed by atoms with van der Waals surface area (Å²) in [7, 11) is 0. The van der Waals surface area contributed by atoms with Gasteiger partial charge in [0, 0.05) is 9.58 Å². The zero-order valence-electron chi connectivity index (χ0n) is 9.18. The lowest BCUT2D eigenvalue weighted by atomic mass is 9.56. The molecule has 0 saturated heterocycles. The van der Waals surface area contributed by atoms with Crippen LogP contribution in [0.2, 0.25) is 12.6 Å². The summed E-state index contributed by atoms with van der Waals surface area (Å²) >= 11 is 1.85. The van der Waals surface area contributed by atoms with Crippen LogP contribution >= 0.6 is 11.3 Å². The summed E-state index contributed by atoms with van der Waals surface area (Å²) in [6, 6.07) is 8.53. The SMILES string of the molecule is CB(O)C1C=Cc2sc3ccccc3c2C1. The Labute approximate surface area is 99.5 Å². The third-order valence-electron chi connectivity index (χ3n) is 3.28. The second-order valence-electron chi connectivity index (χ2n) is 4.41. The van der Waals surface area contributed by atoms with Crippen LogP contribution in [-0.4, -0.2) is 11.9 Å². The van der Waals surface area contributed by atoms with Gasteiger partial charge < -0.3 is 5.02 Å². The van der Waals surface area contributed by atoms with Crippen LogP contribution in [0.5, 0.6) is 0 Å². The molecular formula is C13H13BOS. The Morgan fingerprint density at radius 1 is 1.38 bits per heavy atom. The first-order valence-corrected chi connectivity index (χ1v) is 6.44. The highest BCUT2D eigenvalue weighted by molar-refractivity contribution is 7.20. The molecule has 1 aromatic carbocycles. The topological polar surface area (TPSA) is 20.2 Å². The van der Waals surface area contributed by atoms with E-state index < -0.39 is 0 Å². The second-order valence-corrected chi connectivity index (χ2v) is 5.49. The molecule has 3 heteroatoms. The fourth-order valence-electron chi connectivity index (χ4n) is 2.31. The molecule has 0 aliphatic heterocycles. The quantitative estimate of drug-likeness (QED) is 0.741. The normalized spacial score (nSPS) is 18.8. The van der Waals surface area contributed by atoms with Gasteiger partial charge in [-0.05, 0) is 35.3 Å². The maximum Gasteiger partial charge on any atom is 0.293 e. The standard InChI is InChI=1S/C13H13BOS/c1-14(15)9-6-7-13-11(8-9)10-4-2-3-5-12(10)16-13/h2-7,9,15H,8H2,1H3. The van der Waals surface area contributed by atoms with Crippen LogP contribution in [0.1, 0.15) is 10.4 Å². The van der Waals surface area contributed by atoms with E-state index in [4.69, 9.17) is 0 Å². The number of benzene rings is 1. The highest BCUT2D eigenvalue weighted by Crippen LogP contribution is 2.38. The zero-order valence-corrected chi connectivity index (χ0v) is 10.00. The molecule has 2 aromatic rings. The molecule has 0 radical (unpaired) electrons. The molecule has 3 rings (SSSR count). The minimum Gasteiger partial charge on any atom is -0.450 e. The van der Waals surface area contributed by atoms with Crippen molar-refractivity contribution in [2.24, 2.45) is 0 Å². The molecule has 1 N–H and O–H groups in total. The van der Waals surface area contributed by atoms with Crippen LogP contribution in [0.25, 0.3) is 16.2 Å². The molecule has 1 unspecified atom stereocenters. The van der Waals surface area contributed by atoms with E-state index in [2.05, 4.69) is 36.4 Å². The van der Waals surface area contributed by atoms with Gasteiger partial charge in [0.05, 0.1) is 0 Å². The predicted molar refractivity (Wildman–Crippen MR) is 72.1 cm³/mol. The van der Waals surface area contributed by atoms with Crippen molar-refractivity contribution in [1.29, 1.82) is 0 Å². The fraction of sp³-hybridized carbons (Fsp3) is 0.231. The van der Waals surface area contributed by atoms with Crippen molar-refractivity contribution >= 4 is 34.4 Å². The van der Waals surface area contributed by atoms with E-state index >= 15 is 0 Å². The van der Waals surface area contributed by atoms with Gasteiger partial charge in [0.15, 0.2) is 0 Å². The summed E-state index contributed by atoms with van der Waals surface area (Å²) in [6.45, 7) is 1.61. The Kier molecular flexibility index (Phi) is 2.38. The molecule has 0 spiro atoms. The van der Waals surface area contributed by atoms with Gasteiger partial charge in [-0.25, -0.2) is 0 Å². The average Bonchev–Trinajstić information content (AvgIpc) is 2.66. The molecule has 0 bridgehead atoms. The lowest BCUT2D eigenvalue weighted by Gasteiger charge is -2.17. The summed E-state index contributed by atoms with van der Waals surface area (Å²) in [5, 5.41) is 11.0. The van der Waals surface area contributed by atoms with Crippen molar-refractivity contribution in [2.45, 2.75) is 19.1 Å². The molecule has 1 aromatic heterocycles. The van der Waals surface area contributed by atoms with Crippen LogP contribution in [0, 0.1) is 0 Å². The van der Waals surface area contributed by atoms with E-state index in [1.807, 2.05) is 18.2 Å². The van der Waals surface area contributed by atoms with Crippen molar-refractivity contribution in [3.05, 3.63) is 40.8 Å². The average molecular weight is 228 g/mol. The van der Waals surface area contributed by atoms with Gasteiger partial charge in [-0.2, -0.15) is 0 Å². The minimum atomic E-state index is -0.261. The fourth-order valence-corrected chi connectivity index (χ4v) is 3.46. The van der Waals surface area contributed by atoms with E-state index in [0.29, 0.717) is 0 Å². The summed E-state index contributed by atoms with van der Waals surface area (Å²) in [4.78, 5) is 1.36. The minimum absolute atomic E-state index is 0.261. The molecule has 1 heterocycles. The molecular weight excluding hydrogens is 215 g/mol. The van der Waals surface area contributed by atoms with Crippen molar-refractivity contribution < 1.29 is 5.02 Å². The van der Waals surface area contributed by atoms with Gasteiger partial charge in [0.1, 0.15) is 0 Å². The maximum atomic E-state index is 9.66. The largest absolute Gasteiger partial charge is 0.450 e. The number of hydrogen-bond acceptors (Lipinski definition) is 2. The highest BCUT2D eigenvalue weighted by Gasteiger charge is 2.23. The molecule has 0 fully saturated rings. The lowest BCUT2D eigenvalue weighted by molar-refractivity contribution is 0.562. The zero-order chi connectivity index (χ0) is 11.1. The van der Waals surface area contributed by atoms with Gasteiger partial charge in [-0.3, -0.25) is 0 Å². The van der Waals surface area contributed by atoms with E-state index in [1.165, 1.54) is 20.5 Å². The van der Waals surface area contributed by atoms with Crippen LogP contribution in [0.3, 0.4) is 0 Å². The molecule has 0 saturated carbocycles. The van der Waals surface area contributed by atoms with E-state index in [1.54, 1.807) is 0 Å². The predicted octanol–water partition coefficient (Wildman–Crippen LogP) is 3.45. The molecule has 1 nitrogen and oxygen atoms in total. The first-order chi connectivity index (χ1) is 7.75. The van der Waals surface area contributed by atoms with E-state index in [0.717, 1.165) is 6.42 Å². The number of thiophene rings is 1. The summed E-state index contributed by atoms with van der Waals surface area (Å²) in [5.41, 5.74) is 1.41. The van der Waals surface area contributed by atoms with Crippen molar-refractivity contribution in [1.82, 2.24) is 0 Å². The molecule has 1 aliphatic carbocycles. The molecule has 1 atom stereocenters. The van der Waals surface area contributed by atoms with Crippen molar-refractivity contribution in [3.63, 3.8) is 0 Å². The first kappa shape index (κ1) is 10.1. The molecule has 0 amide bonds. The van der Waals surface area contributed by atoms with Gasteiger partial charge in [-0.15, -0.1) is 11.3 Å². The Bertz CT molecular complexity index is 556. The Balaban J connectivity index is 2.14. The van der Waals surface area contributed by atoms with Gasteiger partial charge in [0.25, 0.3) is 6.92 Å². The maximum absolute atomic E-state index is 9.66. The first-order valence-electron chi connectivity index (χ1n) is 5.62. The van der Waals surface area contributed by atoms with Crippen LogP contribution < -0.4 is 0 Å². The lowest BCUT2D eigenvalue weighted by Crippen LogP contribution is -2.18. The summed E-state index contributed by atoms with van der Waals surface area (Å²) < 4.78 is 1.35. The summed E-state index contributed by atoms with van der Waals surface area (Å²) in [5.74, 6) is 0.269.